The molecule has 1 saturated heterocycles. The van der Waals surface area contributed by atoms with Gasteiger partial charge in [-0.05, 0) is 38.0 Å². The van der Waals surface area contributed by atoms with Gasteiger partial charge in [0.1, 0.15) is 0 Å². The molecule has 1 fully saturated rings. The molecule has 1 atom stereocenters. The van der Waals surface area contributed by atoms with Crippen LogP contribution in [0, 0.1) is 6.92 Å². The van der Waals surface area contributed by atoms with Crippen LogP contribution in [-0.4, -0.2) is 23.8 Å². The van der Waals surface area contributed by atoms with Crippen LogP contribution in [0.1, 0.15) is 18.9 Å². The van der Waals surface area contributed by atoms with E-state index in [2.05, 4.69) is 4.90 Å². The van der Waals surface area contributed by atoms with Gasteiger partial charge in [0.2, 0.25) is 0 Å². The van der Waals surface area contributed by atoms with Gasteiger partial charge in [0.05, 0.1) is 16.3 Å². The van der Waals surface area contributed by atoms with Crippen molar-refractivity contribution in [1.82, 2.24) is 0 Å². The van der Waals surface area contributed by atoms with Crippen LogP contribution in [0.5, 0.6) is 0 Å². The molecule has 0 bridgehead atoms. The molecule has 4 heteroatoms. The number of nitrogens with zero attached hydrogens (tertiary/aromatic N) is 1. The SMILES string of the molecule is Cc1cc(N)c(Cl)cc1N1CCC(C)(O)C1. The maximum Gasteiger partial charge on any atom is 0.0810 e. The molecule has 0 spiro atoms. The Morgan fingerprint density at radius 2 is 2.19 bits per heavy atom. The standard InChI is InChI=1S/C12H17ClN2O/c1-8-5-10(14)9(13)6-11(8)15-4-3-12(2,16)7-15/h5-6,16H,3-4,7,14H2,1-2H3. The summed E-state index contributed by atoms with van der Waals surface area (Å²) in [6.07, 6.45) is 0.786. The van der Waals surface area contributed by atoms with Gasteiger partial charge in [0, 0.05) is 18.8 Å². The fourth-order valence-electron chi connectivity index (χ4n) is 2.18. The van der Waals surface area contributed by atoms with Crippen LogP contribution in [0.15, 0.2) is 12.1 Å². The molecule has 1 heterocycles. The molecule has 0 amide bonds. The minimum atomic E-state index is -0.597. The Bertz CT molecular complexity index is 418. The van der Waals surface area contributed by atoms with Crippen molar-refractivity contribution in [3.63, 3.8) is 0 Å². The summed E-state index contributed by atoms with van der Waals surface area (Å²) in [7, 11) is 0. The summed E-state index contributed by atoms with van der Waals surface area (Å²) in [5.41, 5.74) is 7.91. The van der Waals surface area contributed by atoms with Gasteiger partial charge in [-0.2, -0.15) is 0 Å². The Balaban J connectivity index is 2.32. The number of rotatable bonds is 1. The van der Waals surface area contributed by atoms with Crippen molar-refractivity contribution < 1.29 is 5.11 Å². The zero-order valence-corrected chi connectivity index (χ0v) is 10.4. The quantitative estimate of drug-likeness (QED) is 0.740. The van der Waals surface area contributed by atoms with Crippen LogP contribution in [0.2, 0.25) is 5.02 Å². The maximum atomic E-state index is 9.94. The average molecular weight is 241 g/mol. The number of nitrogens with two attached hydrogens (primary N) is 1. The first-order valence-electron chi connectivity index (χ1n) is 5.42. The summed E-state index contributed by atoms with van der Waals surface area (Å²) in [5.74, 6) is 0. The lowest BCUT2D eigenvalue weighted by Crippen LogP contribution is -2.29. The maximum absolute atomic E-state index is 9.94. The van der Waals surface area contributed by atoms with Gasteiger partial charge in [-0.25, -0.2) is 0 Å². The smallest absolute Gasteiger partial charge is 0.0810 e. The van der Waals surface area contributed by atoms with Gasteiger partial charge in [-0.1, -0.05) is 11.6 Å². The van der Waals surface area contributed by atoms with E-state index in [0.717, 1.165) is 24.2 Å². The molecule has 3 N–H and O–H groups in total. The monoisotopic (exact) mass is 240 g/mol. The van der Waals surface area contributed by atoms with Crippen molar-refractivity contribution in [2.75, 3.05) is 23.7 Å². The van der Waals surface area contributed by atoms with E-state index < -0.39 is 5.60 Å². The van der Waals surface area contributed by atoms with Gasteiger partial charge in [-0.3, -0.25) is 0 Å². The number of nitrogen functional groups attached to an aromatic ring is 1. The summed E-state index contributed by atoms with van der Waals surface area (Å²) in [6, 6.07) is 3.76. The highest BCUT2D eigenvalue weighted by Gasteiger charge is 2.32. The van der Waals surface area contributed by atoms with Gasteiger partial charge in [0.25, 0.3) is 0 Å². The zero-order valence-electron chi connectivity index (χ0n) is 9.63. The summed E-state index contributed by atoms with van der Waals surface area (Å²) in [4.78, 5) is 2.15. The number of anilines is 2. The second-order valence-corrected chi connectivity index (χ2v) is 5.24. The molecule has 0 aromatic heterocycles. The molecule has 1 aromatic carbocycles. The fourth-order valence-corrected chi connectivity index (χ4v) is 2.34. The van der Waals surface area contributed by atoms with Crippen LogP contribution >= 0.6 is 11.6 Å². The number of halogens is 1. The van der Waals surface area contributed by atoms with Crippen molar-refractivity contribution in [3.05, 3.63) is 22.7 Å². The van der Waals surface area contributed by atoms with E-state index in [0.29, 0.717) is 17.3 Å². The molecule has 1 aliphatic rings. The average Bonchev–Trinajstić information content (AvgIpc) is 2.52. The molecule has 0 radical (unpaired) electrons. The normalized spacial score (nSPS) is 25.1. The number of β-amino-alcohol motifs (C(OH)–C–C–N with tert-alkyl or cyclic N) is 1. The van der Waals surface area contributed by atoms with Crippen LogP contribution in [0.3, 0.4) is 0 Å². The largest absolute Gasteiger partial charge is 0.398 e. The van der Waals surface area contributed by atoms with Gasteiger partial charge in [0.15, 0.2) is 0 Å². The zero-order chi connectivity index (χ0) is 11.9. The molecule has 88 valence electrons. The first kappa shape index (κ1) is 11.6. The van der Waals surface area contributed by atoms with Crippen molar-refractivity contribution in [2.24, 2.45) is 0 Å². The van der Waals surface area contributed by atoms with Crippen LogP contribution in [0.25, 0.3) is 0 Å². The van der Waals surface area contributed by atoms with Crippen molar-refractivity contribution in [2.45, 2.75) is 25.9 Å². The van der Waals surface area contributed by atoms with E-state index in [1.54, 1.807) is 0 Å². The molecule has 1 unspecified atom stereocenters. The van der Waals surface area contributed by atoms with Crippen LogP contribution in [-0.2, 0) is 0 Å². The molecular formula is C12H17ClN2O. The third kappa shape index (κ3) is 2.11. The highest BCUT2D eigenvalue weighted by Crippen LogP contribution is 2.33. The van der Waals surface area contributed by atoms with Crippen LogP contribution in [0.4, 0.5) is 11.4 Å². The lowest BCUT2D eigenvalue weighted by atomic mass is 10.1. The van der Waals surface area contributed by atoms with E-state index in [1.807, 2.05) is 26.0 Å². The predicted octanol–water partition coefficient (Wildman–Crippen LogP) is 2.19. The first-order chi connectivity index (χ1) is 7.39. The Hall–Kier alpha value is -0.930. The molecule has 0 saturated carbocycles. The fraction of sp³-hybridized carbons (Fsp3) is 0.500. The van der Waals surface area contributed by atoms with Gasteiger partial charge >= 0.3 is 0 Å². The summed E-state index contributed by atoms with van der Waals surface area (Å²) in [6.45, 7) is 5.37. The number of aryl methyl sites for hydroxylation is 1. The Labute approximate surface area is 101 Å². The number of aliphatic hydroxyl groups is 1. The molecule has 1 aromatic rings. The minimum absolute atomic E-state index is 0.576. The Kier molecular flexibility index (Phi) is 2.76. The number of hydrogen-bond acceptors (Lipinski definition) is 3. The molecule has 3 nitrogen and oxygen atoms in total. The van der Waals surface area contributed by atoms with Crippen molar-refractivity contribution >= 4 is 23.0 Å². The molecule has 1 aliphatic heterocycles. The summed E-state index contributed by atoms with van der Waals surface area (Å²) < 4.78 is 0. The highest BCUT2D eigenvalue weighted by atomic mass is 35.5. The van der Waals surface area contributed by atoms with E-state index in [9.17, 15) is 5.11 Å². The molecular weight excluding hydrogens is 224 g/mol. The second kappa shape index (κ2) is 3.82. The first-order valence-corrected chi connectivity index (χ1v) is 5.80. The van der Waals surface area contributed by atoms with Crippen LogP contribution < -0.4 is 10.6 Å². The van der Waals surface area contributed by atoms with E-state index in [4.69, 9.17) is 17.3 Å². The topological polar surface area (TPSA) is 49.5 Å². The Morgan fingerprint density at radius 3 is 2.75 bits per heavy atom. The van der Waals surface area contributed by atoms with E-state index in [-0.39, 0.29) is 0 Å². The van der Waals surface area contributed by atoms with Crippen molar-refractivity contribution in [1.29, 1.82) is 0 Å². The lowest BCUT2D eigenvalue weighted by Gasteiger charge is -2.23. The number of hydrogen-bond donors (Lipinski definition) is 2. The molecule has 2 rings (SSSR count). The highest BCUT2D eigenvalue weighted by molar-refractivity contribution is 6.33. The third-order valence-electron chi connectivity index (χ3n) is 3.11. The summed E-state index contributed by atoms with van der Waals surface area (Å²) >= 11 is 6.02. The Morgan fingerprint density at radius 1 is 1.50 bits per heavy atom. The minimum Gasteiger partial charge on any atom is -0.398 e. The second-order valence-electron chi connectivity index (χ2n) is 4.83. The third-order valence-corrected chi connectivity index (χ3v) is 3.44. The summed E-state index contributed by atoms with van der Waals surface area (Å²) in [5, 5.41) is 10.5. The van der Waals surface area contributed by atoms with Crippen molar-refractivity contribution in [3.8, 4) is 0 Å². The number of benzene rings is 1. The molecule has 16 heavy (non-hydrogen) atoms. The van der Waals surface area contributed by atoms with E-state index in [1.165, 1.54) is 0 Å². The predicted molar refractivity (Wildman–Crippen MR) is 68.1 cm³/mol. The molecule has 0 aliphatic carbocycles. The van der Waals surface area contributed by atoms with E-state index >= 15 is 0 Å². The lowest BCUT2D eigenvalue weighted by molar-refractivity contribution is 0.0839. The van der Waals surface area contributed by atoms with Gasteiger partial charge < -0.3 is 15.7 Å². The van der Waals surface area contributed by atoms with Gasteiger partial charge in [-0.15, -0.1) is 0 Å².